The van der Waals surface area contributed by atoms with Crippen LogP contribution in [0.1, 0.15) is 26.2 Å². The lowest BCUT2D eigenvalue weighted by molar-refractivity contribution is -0.140. The van der Waals surface area contributed by atoms with Crippen LogP contribution in [0, 0.1) is 0 Å². The molecule has 8 heteroatoms. The van der Waals surface area contributed by atoms with Crippen molar-refractivity contribution in [3.63, 3.8) is 0 Å². The maximum atomic E-state index is 11.2. The van der Waals surface area contributed by atoms with Gasteiger partial charge in [0.1, 0.15) is 6.10 Å². The van der Waals surface area contributed by atoms with Gasteiger partial charge in [-0.2, -0.15) is 0 Å². The van der Waals surface area contributed by atoms with Crippen LogP contribution in [0.5, 0.6) is 0 Å². The summed E-state index contributed by atoms with van der Waals surface area (Å²) in [6.07, 6.45) is 2.76. The quantitative estimate of drug-likeness (QED) is 0.297. The summed E-state index contributed by atoms with van der Waals surface area (Å²) in [6, 6.07) is 0. The first-order valence-corrected chi connectivity index (χ1v) is 8.08. The highest BCUT2D eigenvalue weighted by Gasteiger charge is 2.32. The fraction of sp³-hybridized carbons (Fsp3) is 0.867. The predicted octanol–water partition coefficient (Wildman–Crippen LogP) is 1.01. The van der Waals surface area contributed by atoms with E-state index in [2.05, 4.69) is 19.9 Å². The first kappa shape index (κ1) is 20.4. The second kappa shape index (κ2) is 11.0. The zero-order valence-electron chi connectivity index (χ0n) is 14.0. The summed E-state index contributed by atoms with van der Waals surface area (Å²) < 4.78 is 16.2. The minimum Gasteiger partial charge on any atom is -0.469 e. The van der Waals surface area contributed by atoms with Gasteiger partial charge in [-0.15, -0.1) is 24.0 Å². The Bertz CT molecular complexity index is 389. The molecule has 23 heavy (non-hydrogen) atoms. The summed E-state index contributed by atoms with van der Waals surface area (Å²) in [5.74, 6) is 0.594. The predicted molar refractivity (Wildman–Crippen MR) is 98.3 cm³/mol. The summed E-state index contributed by atoms with van der Waals surface area (Å²) in [7, 11) is 1.39. The Morgan fingerprint density at radius 1 is 1.35 bits per heavy atom. The molecule has 2 atom stereocenters. The second-order valence-electron chi connectivity index (χ2n) is 5.47. The van der Waals surface area contributed by atoms with Crippen molar-refractivity contribution in [1.29, 1.82) is 0 Å². The summed E-state index contributed by atoms with van der Waals surface area (Å²) in [6.45, 7) is 6.33. The molecule has 0 aliphatic carbocycles. The van der Waals surface area contributed by atoms with Gasteiger partial charge in [-0.1, -0.05) is 0 Å². The molecule has 0 aromatic rings. The van der Waals surface area contributed by atoms with E-state index in [9.17, 15) is 4.79 Å². The highest BCUT2D eigenvalue weighted by atomic mass is 127. The lowest BCUT2D eigenvalue weighted by Crippen LogP contribution is -2.53. The van der Waals surface area contributed by atoms with Gasteiger partial charge in [0, 0.05) is 26.2 Å². The van der Waals surface area contributed by atoms with Gasteiger partial charge < -0.3 is 24.4 Å². The monoisotopic (exact) mass is 441 g/mol. The number of hydrogen-bond acceptors (Lipinski definition) is 5. The molecule has 134 valence electrons. The second-order valence-corrected chi connectivity index (χ2v) is 5.47. The Kier molecular flexibility index (Phi) is 9.80. The van der Waals surface area contributed by atoms with E-state index in [1.54, 1.807) is 0 Å². The number of esters is 1. The molecule has 1 N–H and O–H groups in total. The number of hydrogen-bond donors (Lipinski definition) is 1. The fourth-order valence-corrected chi connectivity index (χ4v) is 2.77. The molecular formula is C15H28IN3O4. The van der Waals surface area contributed by atoms with Crippen molar-refractivity contribution >= 4 is 35.9 Å². The molecule has 2 aliphatic rings. The van der Waals surface area contributed by atoms with Crippen LogP contribution < -0.4 is 5.32 Å². The highest BCUT2D eigenvalue weighted by Crippen LogP contribution is 2.21. The number of carbonyl (C=O) groups excluding carboxylic acids is 1. The molecule has 0 bridgehead atoms. The van der Waals surface area contributed by atoms with Crippen LogP contribution in [-0.2, 0) is 19.0 Å². The third-order valence-electron chi connectivity index (χ3n) is 3.91. The van der Waals surface area contributed by atoms with E-state index < -0.39 is 0 Å². The number of morpholine rings is 1. The fourth-order valence-electron chi connectivity index (χ4n) is 2.77. The maximum absolute atomic E-state index is 11.2. The molecule has 2 unspecified atom stereocenters. The summed E-state index contributed by atoms with van der Waals surface area (Å²) >= 11 is 0. The Morgan fingerprint density at radius 2 is 2.13 bits per heavy atom. The van der Waals surface area contributed by atoms with Crippen molar-refractivity contribution < 1.29 is 19.0 Å². The number of halogens is 1. The SMILES string of the molecule is CCNC(=NCCC(=O)OC)N1CCOC(C2CCCO2)C1.I. The largest absolute Gasteiger partial charge is 0.469 e. The van der Waals surface area contributed by atoms with Gasteiger partial charge in [0.15, 0.2) is 5.96 Å². The lowest BCUT2D eigenvalue weighted by atomic mass is 10.1. The molecule has 0 radical (unpaired) electrons. The van der Waals surface area contributed by atoms with Crippen LogP contribution in [-0.4, -0.2) is 75.5 Å². The Balaban J connectivity index is 0.00000264. The summed E-state index contributed by atoms with van der Waals surface area (Å²) in [4.78, 5) is 17.9. The van der Waals surface area contributed by atoms with Gasteiger partial charge in [0.25, 0.3) is 0 Å². The molecule has 2 heterocycles. The van der Waals surface area contributed by atoms with Gasteiger partial charge in [-0.3, -0.25) is 9.79 Å². The number of aliphatic imine (C=N–C) groups is 1. The third-order valence-corrected chi connectivity index (χ3v) is 3.91. The molecule has 2 rings (SSSR count). The van der Waals surface area contributed by atoms with Gasteiger partial charge in [-0.25, -0.2) is 0 Å². The van der Waals surface area contributed by atoms with E-state index in [4.69, 9.17) is 9.47 Å². The topological polar surface area (TPSA) is 72.4 Å². The lowest BCUT2D eigenvalue weighted by Gasteiger charge is -2.37. The molecule has 0 saturated carbocycles. The van der Waals surface area contributed by atoms with Crippen LogP contribution in [0.25, 0.3) is 0 Å². The number of nitrogens with one attached hydrogen (secondary N) is 1. The molecular weight excluding hydrogens is 413 g/mol. The zero-order valence-corrected chi connectivity index (χ0v) is 16.3. The van der Waals surface area contributed by atoms with E-state index >= 15 is 0 Å². The van der Waals surface area contributed by atoms with Crippen molar-refractivity contribution in [2.75, 3.05) is 46.5 Å². The first-order valence-electron chi connectivity index (χ1n) is 8.08. The van der Waals surface area contributed by atoms with Gasteiger partial charge in [-0.05, 0) is 19.8 Å². The molecule has 0 amide bonds. The average Bonchev–Trinajstić information content (AvgIpc) is 3.08. The van der Waals surface area contributed by atoms with Crippen LogP contribution in [0.2, 0.25) is 0 Å². The van der Waals surface area contributed by atoms with Crippen molar-refractivity contribution in [3.8, 4) is 0 Å². The molecule has 2 fully saturated rings. The molecule has 2 aliphatic heterocycles. The smallest absolute Gasteiger partial charge is 0.307 e. The van der Waals surface area contributed by atoms with E-state index in [0.717, 1.165) is 45.0 Å². The zero-order chi connectivity index (χ0) is 15.8. The van der Waals surface area contributed by atoms with Crippen molar-refractivity contribution in [1.82, 2.24) is 10.2 Å². The standard InChI is InChI=1S/C15H27N3O4.HI/c1-3-16-15(17-7-6-14(19)20-2)18-8-10-22-13(11-18)12-5-4-9-21-12;/h12-13H,3-11H2,1-2H3,(H,16,17);1H. The van der Waals surface area contributed by atoms with Crippen molar-refractivity contribution in [2.45, 2.75) is 38.4 Å². The average molecular weight is 441 g/mol. The Morgan fingerprint density at radius 3 is 2.78 bits per heavy atom. The number of guanidine groups is 1. The number of nitrogens with zero attached hydrogens (tertiary/aromatic N) is 2. The molecule has 2 saturated heterocycles. The molecule has 0 aromatic carbocycles. The van der Waals surface area contributed by atoms with Crippen LogP contribution >= 0.6 is 24.0 Å². The molecule has 0 spiro atoms. The number of carbonyl (C=O) groups is 1. The van der Waals surface area contributed by atoms with Crippen LogP contribution in [0.15, 0.2) is 4.99 Å². The van der Waals surface area contributed by atoms with Gasteiger partial charge >= 0.3 is 5.97 Å². The van der Waals surface area contributed by atoms with E-state index in [-0.39, 0.29) is 42.2 Å². The minimum atomic E-state index is -0.237. The summed E-state index contributed by atoms with van der Waals surface area (Å²) in [5, 5.41) is 3.28. The van der Waals surface area contributed by atoms with Crippen molar-refractivity contribution in [2.24, 2.45) is 4.99 Å². The van der Waals surface area contributed by atoms with E-state index in [0.29, 0.717) is 19.6 Å². The number of rotatable bonds is 5. The van der Waals surface area contributed by atoms with Crippen molar-refractivity contribution in [3.05, 3.63) is 0 Å². The first-order chi connectivity index (χ1) is 10.7. The third kappa shape index (κ3) is 6.42. The number of methoxy groups -OCH3 is 1. The Labute approximate surface area is 155 Å². The molecule has 7 nitrogen and oxygen atoms in total. The molecule has 0 aromatic heterocycles. The normalized spacial score (nSPS) is 25.0. The van der Waals surface area contributed by atoms with E-state index in [1.165, 1.54) is 7.11 Å². The number of ether oxygens (including phenoxy) is 3. The van der Waals surface area contributed by atoms with Gasteiger partial charge in [0.05, 0.1) is 32.8 Å². The van der Waals surface area contributed by atoms with E-state index in [1.807, 2.05) is 6.92 Å². The van der Waals surface area contributed by atoms with Crippen LogP contribution in [0.4, 0.5) is 0 Å². The highest BCUT2D eigenvalue weighted by molar-refractivity contribution is 14.0. The van der Waals surface area contributed by atoms with Gasteiger partial charge in [0.2, 0.25) is 0 Å². The Hall–Kier alpha value is -0.610. The minimum absolute atomic E-state index is 0. The maximum Gasteiger partial charge on any atom is 0.307 e. The van der Waals surface area contributed by atoms with Crippen LogP contribution in [0.3, 0.4) is 0 Å². The summed E-state index contributed by atoms with van der Waals surface area (Å²) in [5.41, 5.74) is 0.